The first-order valence-corrected chi connectivity index (χ1v) is 10.7. The van der Waals surface area contributed by atoms with Crippen LogP contribution < -0.4 is 0 Å². The topological polar surface area (TPSA) is 27.7 Å². The molecule has 0 fully saturated rings. The van der Waals surface area contributed by atoms with Gasteiger partial charge in [0, 0.05) is 0 Å². The van der Waals surface area contributed by atoms with Crippen LogP contribution in [-0.2, 0) is 27.7 Å². The summed E-state index contributed by atoms with van der Waals surface area (Å²) in [5, 5.41) is 0. The van der Waals surface area contributed by atoms with Gasteiger partial charge in [-0.25, -0.2) is 0 Å². The van der Waals surface area contributed by atoms with Gasteiger partial charge in [0.15, 0.2) is 0 Å². The van der Waals surface area contributed by atoms with Gasteiger partial charge < -0.3 is 0 Å². The second-order valence-corrected chi connectivity index (χ2v) is 8.77. The van der Waals surface area contributed by atoms with E-state index < -0.39 is 17.8 Å². The molecule has 0 saturated heterocycles. The zero-order chi connectivity index (χ0) is 13.7. The first kappa shape index (κ1) is 18.6. The standard InChI is InChI=1S/C8H17.3C2H5O.Ti/c1-3-5-7-8-6-4-2;3*1-2-3;/h1,3-8H2,2H3;3*2H2,1H3;/q;3*-1;+3. The van der Waals surface area contributed by atoms with Gasteiger partial charge in [-0.15, -0.1) is 0 Å². The Kier molecular flexibility index (Phi) is 13.0. The van der Waals surface area contributed by atoms with E-state index in [0.717, 1.165) is 4.73 Å². The summed E-state index contributed by atoms with van der Waals surface area (Å²) >= 11 is -2.91. The van der Waals surface area contributed by atoms with Crippen molar-refractivity contribution >= 4 is 0 Å². The summed E-state index contributed by atoms with van der Waals surface area (Å²) in [5.74, 6) is 0. The third-order valence-electron chi connectivity index (χ3n) is 2.93. The second-order valence-electron chi connectivity index (χ2n) is 4.50. The van der Waals surface area contributed by atoms with Crippen molar-refractivity contribution in [1.82, 2.24) is 0 Å². The van der Waals surface area contributed by atoms with Gasteiger partial charge in [0.05, 0.1) is 0 Å². The van der Waals surface area contributed by atoms with Crippen LogP contribution in [-0.4, -0.2) is 19.8 Å². The van der Waals surface area contributed by atoms with Gasteiger partial charge in [-0.05, 0) is 0 Å². The quantitative estimate of drug-likeness (QED) is 0.362. The summed E-state index contributed by atoms with van der Waals surface area (Å²) < 4.78 is 18.7. The molecule has 110 valence electrons. The molecule has 0 rings (SSSR count). The van der Waals surface area contributed by atoms with Gasteiger partial charge in [-0.3, -0.25) is 0 Å². The fourth-order valence-corrected chi connectivity index (χ4v) is 6.32. The van der Waals surface area contributed by atoms with Gasteiger partial charge in [0.25, 0.3) is 0 Å². The average Bonchev–Trinajstić information content (AvgIpc) is 2.35. The molecule has 0 aliphatic rings. The Morgan fingerprint density at radius 2 is 1.06 bits per heavy atom. The van der Waals surface area contributed by atoms with E-state index in [4.69, 9.17) is 9.96 Å². The van der Waals surface area contributed by atoms with Crippen LogP contribution in [0.5, 0.6) is 0 Å². The minimum absolute atomic E-state index is 0.704. The molecule has 0 heterocycles. The Morgan fingerprint density at radius 1 is 0.611 bits per heavy atom. The van der Waals surface area contributed by atoms with E-state index in [0.29, 0.717) is 19.8 Å². The number of hydrogen-bond donors (Lipinski definition) is 0. The Bertz CT molecular complexity index is 159. The van der Waals surface area contributed by atoms with Crippen LogP contribution in [0.3, 0.4) is 0 Å². The summed E-state index contributed by atoms with van der Waals surface area (Å²) in [7, 11) is 0. The van der Waals surface area contributed by atoms with Crippen molar-refractivity contribution < 1.29 is 27.7 Å². The fraction of sp³-hybridized carbons (Fsp3) is 1.00. The van der Waals surface area contributed by atoms with Gasteiger partial charge in [-0.1, -0.05) is 0 Å². The molecule has 0 spiro atoms. The molecule has 0 atom stereocenters. The molecule has 0 radical (unpaired) electrons. The molecule has 0 aliphatic carbocycles. The number of hydrogen-bond acceptors (Lipinski definition) is 3. The van der Waals surface area contributed by atoms with Crippen molar-refractivity contribution in [1.29, 1.82) is 0 Å². The van der Waals surface area contributed by atoms with Crippen LogP contribution in [0.4, 0.5) is 0 Å². The monoisotopic (exact) mass is 296 g/mol. The van der Waals surface area contributed by atoms with E-state index in [1.807, 2.05) is 20.8 Å². The van der Waals surface area contributed by atoms with Crippen LogP contribution in [0.1, 0.15) is 66.2 Å². The Labute approximate surface area is 118 Å². The second kappa shape index (κ2) is 12.6. The van der Waals surface area contributed by atoms with Gasteiger partial charge in [0.2, 0.25) is 0 Å². The van der Waals surface area contributed by atoms with Crippen molar-refractivity contribution in [3.05, 3.63) is 0 Å². The van der Waals surface area contributed by atoms with Gasteiger partial charge >= 0.3 is 118 Å². The Hall–Kier alpha value is 0.594. The van der Waals surface area contributed by atoms with E-state index in [2.05, 4.69) is 6.92 Å². The predicted octanol–water partition coefficient (Wildman–Crippen LogP) is 4.77. The molecule has 0 bridgehead atoms. The molecule has 0 aromatic heterocycles. The third-order valence-corrected chi connectivity index (χ3v) is 7.85. The molecule has 0 N–H and O–H groups in total. The molecule has 0 unspecified atom stereocenters. The number of unbranched alkanes of at least 4 members (excludes halogenated alkanes) is 5. The van der Waals surface area contributed by atoms with E-state index in [-0.39, 0.29) is 0 Å². The summed E-state index contributed by atoms with van der Waals surface area (Å²) in [4.78, 5) is 0. The predicted molar refractivity (Wildman–Crippen MR) is 73.1 cm³/mol. The average molecular weight is 296 g/mol. The molecular formula is C14H32O3Ti. The molecule has 0 aromatic rings. The Morgan fingerprint density at radius 3 is 1.50 bits per heavy atom. The molecule has 0 aromatic carbocycles. The van der Waals surface area contributed by atoms with E-state index >= 15 is 0 Å². The van der Waals surface area contributed by atoms with Crippen molar-refractivity contribution in [2.45, 2.75) is 70.9 Å². The van der Waals surface area contributed by atoms with Gasteiger partial charge in [0.1, 0.15) is 0 Å². The molecule has 0 aliphatic heterocycles. The van der Waals surface area contributed by atoms with Crippen LogP contribution in [0.15, 0.2) is 0 Å². The normalized spacial score (nSPS) is 12.0. The van der Waals surface area contributed by atoms with Crippen molar-refractivity contribution in [3.8, 4) is 0 Å². The summed E-state index contributed by atoms with van der Waals surface area (Å²) in [6, 6.07) is 0. The maximum atomic E-state index is 5.88. The molecule has 4 heteroatoms. The van der Waals surface area contributed by atoms with Crippen LogP contribution >= 0.6 is 0 Å². The third kappa shape index (κ3) is 8.65. The summed E-state index contributed by atoms with van der Waals surface area (Å²) in [6.45, 7) is 10.4. The number of rotatable bonds is 13. The van der Waals surface area contributed by atoms with E-state index in [9.17, 15) is 0 Å². The zero-order valence-electron chi connectivity index (χ0n) is 12.8. The molecule has 18 heavy (non-hydrogen) atoms. The van der Waals surface area contributed by atoms with E-state index in [1.165, 1.54) is 38.5 Å². The summed E-state index contributed by atoms with van der Waals surface area (Å²) in [5.41, 5.74) is 0. The molecule has 0 saturated carbocycles. The summed E-state index contributed by atoms with van der Waals surface area (Å²) in [6.07, 6.45) is 7.81. The minimum atomic E-state index is -2.91. The first-order chi connectivity index (χ1) is 8.74. The van der Waals surface area contributed by atoms with Crippen LogP contribution in [0.25, 0.3) is 0 Å². The SMILES string of the molecule is CCCCCCC[CH2][Ti]([O]CC)([O]CC)[O]CC. The van der Waals surface area contributed by atoms with Crippen LogP contribution in [0, 0.1) is 0 Å². The maximum absolute atomic E-state index is 5.88. The van der Waals surface area contributed by atoms with Crippen molar-refractivity contribution in [2.24, 2.45) is 0 Å². The van der Waals surface area contributed by atoms with E-state index in [1.54, 1.807) is 0 Å². The zero-order valence-corrected chi connectivity index (χ0v) is 14.4. The van der Waals surface area contributed by atoms with Crippen LogP contribution in [0.2, 0.25) is 4.73 Å². The van der Waals surface area contributed by atoms with Gasteiger partial charge in [-0.2, -0.15) is 0 Å². The molecular weight excluding hydrogens is 264 g/mol. The molecule has 0 amide bonds. The fourth-order valence-electron chi connectivity index (χ4n) is 2.12. The van der Waals surface area contributed by atoms with Crippen molar-refractivity contribution in [2.75, 3.05) is 19.8 Å². The van der Waals surface area contributed by atoms with Crippen molar-refractivity contribution in [3.63, 3.8) is 0 Å². The molecule has 3 nitrogen and oxygen atoms in total. The Balaban J connectivity index is 3.97. The first-order valence-electron chi connectivity index (χ1n) is 7.66.